The first kappa shape index (κ1) is 18.1. The molecule has 0 amide bonds. The first-order valence-corrected chi connectivity index (χ1v) is 8.51. The van der Waals surface area contributed by atoms with Gasteiger partial charge < -0.3 is 4.74 Å². The summed E-state index contributed by atoms with van der Waals surface area (Å²) in [4.78, 5) is 37.1. The van der Waals surface area contributed by atoms with Gasteiger partial charge in [0.25, 0.3) is 0 Å². The lowest BCUT2D eigenvalue weighted by Crippen LogP contribution is -2.22. The predicted molar refractivity (Wildman–Crippen MR) is 93.4 cm³/mol. The number of ether oxygens (including phenoxy) is 1. The Labute approximate surface area is 154 Å². The highest BCUT2D eigenvalue weighted by atomic mass is 35.5. The molecule has 0 N–H and O–H groups in total. The summed E-state index contributed by atoms with van der Waals surface area (Å²) in [6, 6.07) is 4.42. The molecule has 1 aromatic carbocycles. The number of carbonyl (C=O) groups is 2. The average Bonchev–Trinajstić information content (AvgIpc) is 3.41. The minimum atomic E-state index is -0.501. The predicted octanol–water partition coefficient (Wildman–Crippen LogP) is 1.70. The van der Waals surface area contributed by atoms with Crippen LogP contribution in [0.15, 0.2) is 34.8 Å². The SMILES string of the molecule is CCOC=C(C(=O)c1ccc(-n2nnn(C)c2=O)cc1Cl)C(=O)C1CC1. The Bertz CT molecular complexity index is 956. The number of halogens is 1. The van der Waals surface area contributed by atoms with Crippen LogP contribution in [0.4, 0.5) is 0 Å². The average molecular weight is 377 g/mol. The van der Waals surface area contributed by atoms with Gasteiger partial charge in [0.05, 0.1) is 23.6 Å². The van der Waals surface area contributed by atoms with Gasteiger partial charge in [-0.25, -0.2) is 4.79 Å². The number of carbonyl (C=O) groups excluding carboxylic acids is 2. The van der Waals surface area contributed by atoms with E-state index < -0.39 is 11.5 Å². The Morgan fingerprint density at radius 2 is 2.08 bits per heavy atom. The molecule has 1 aliphatic carbocycles. The molecule has 1 aliphatic rings. The van der Waals surface area contributed by atoms with Gasteiger partial charge in [-0.1, -0.05) is 11.6 Å². The van der Waals surface area contributed by atoms with Crippen LogP contribution in [0.3, 0.4) is 0 Å². The maximum absolute atomic E-state index is 12.8. The van der Waals surface area contributed by atoms with Gasteiger partial charge in [0.1, 0.15) is 5.57 Å². The van der Waals surface area contributed by atoms with E-state index >= 15 is 0 Å². The second-order valence-corrected chi connectivity index (χ2v) is 6.32. The number of hydrogen-bond acceptors (Lipinski definition) is 6. The van der Waals surface area contributed by atoms with E-state index in [1.807, 2.05) is 0 Å². The quantitative estimate of drug-likeness (QED) is 0.240. The summed E-state index contributed by atoms with van der Waals surface area (Å²) < 4.78 is 7.31. The van der Waals surface area contributed by atoms with Gasteiger partial charge in [0.15, 0.2) is 5.78 Å². The van der Waals surface area contributed by atoms with Gasteiger partial charge in [-0.2, -0.15) is 9.36 Å². The summed E-state index contributed by atoms with van der Waals surface area (Å²) in [6.07, 6.45) is 2.76. The number of nitrogens with zero attached hydrogens (tertiary/aromatic N) is 4. The van der Waals surface area contributed by atoms with Crippen molar-refractivity contribution in [3.05, 3.63) is 51.1 Å². The van der Waals surface area contributed by atoms with Crippen molar-refractivity contribution < 1.29 is 14.3 Å². The monoisotopic (exact) mass is 376 g/mol. The lowest BCUT2D eigenvalue weighted by atomic mass is 9.98. The number of Topliss-reactive ketones (excluding diaryl/α,β-unsaturated/α-hetero) is 2. The number of allylic oxidation sites excluding steroid dienone is 1. The maximum atomic E-state index is 12.8. The third-order valence-electron chi connectivity index (χ3n) is 3.99. The molecule has 9 heteroatoms. The second kappa shape index (κ2) is 7.25. The molecule has 8 nitrogen and oxygen atoms in total. The molecule has 26 heavy (non-hydrogen) atoms. The summed E-state index contributed by atoms with van der Waals surface area (Å²) in [7, 11) is 1.47. The number of ketones is 2. The number of rotatable bonds is 7. The minimum Gasteiger partial charge on any atom is -0.501 e. The standard InChI is InChI=1S/C17H17ClN4O4/c1-3-26-9-13(15(23)10-4-5-10)16(24)12-7-6-11(8-14(12)18)22-17(25)21(2)19-20-22/h6-10H,3-5H2,1-2H3. The summed E-state index contributed by atoms with van der Waals surface area (Å²) in [5, 5.41) is 7.46. The zero-order valence-electron chi connectivity index (χ0n) is 14.3. The highest BCUT2D eigenvalue weighted by Crippen LogP contribution is 2.34. The molecule has 0 spiro atoms. The Morgan fingerprint density at radius 3 is 2.62 bits per heavy atom. The van der Waals surface area contributed by atoms with Crippen LogP contribution in [0.2, 0.25) is 5.02 Å². The molecule has 0 atom stereocenters. The van der Waals surface area contributed by atoms with Crippen molar-refractivity contribution in [2.24, 2.45) is 13.0 Å². The summed E-state index contributed by atoms with van der Waals surface area (Å²) in [5.74, 6) is -0.853. The molecule has 3 rings (SSSR count). The van der Waals surface area contributed by atoms with Gasteiger partial charge in [-0.3, -0.25) is 9.59 Å². The van der Waals surface area contributed by atoms with Crippen LogP contribution in [0.5, 0.6) is 0 Å². The van der Waals surface area contributed by atoms with Crippen molar-refractivity contribution in [3.8, 4) is 5.69 Å². The summed E-state index contributed by atoms with van der Waals surface area (Å²) in [5.41, 5.74) is 0.0717. The molecule has 0 aliphatic heterocycles. The maximum Gasteiger partial charge on any atom is 0.368 e. The molecule has 0 bridgehead atoms. The third kappa shape index (κ3) is 3.45. The lowest BCUT2D eigenvalue weighted by Gasteiger charge is -2.09. The number of aryl methyl sites for hydroxylation is 1. The van der Waals surface area contributed by atoms with E-state index in [-0.39, 0.29) is 27.9 Å². The van der Waals surface area contributed by atoms with Crippen LogP contribution in [0.25, 0.3) is 5.69 Å². The largest absolute Gasteiger partial charge is 0.501 e. The normalized spacial score (nSPS) is 14.3. The van der Waals surface area contributed by atoms with E-state index in [9.17, 15) is 14.4 Å². The molecule has 136 valence electrons. The van der Waals surface area contributed by atoms with Crippen molar-refractivity contribution in [2.45, 2.75) is 19.8 Å². The smallest absolute Gasteiger partial charge is 0.368 e. The third-order valence-corrected chi connectivity index (χ3v) is 4.30. The Balaban J connectivity index is 1.95. The molecule has 2 aromatic rings. The Hall–Kier alpha value is -2.74. The Kier molecular flexibility index (Phi) is 5.03. The molecule has 0 radical (unpaired) electrons. The summed E-state index contributed by atoms with van der Waals surface area (Å²) in [6.45, 7) is 2.11. The fourth-order valence-electron chi connectivity index (χ4n) is 2.40. The fourth-order valence-corrected chi connectivity index (χ4v) is 2.66. The number of benzene rings is 1. The lowest BCUT2D eigenvalue weighted by molar-refractivity contribution is -0.116. The van der Waals surface area contributed by atoms with Crippen molar-refractivity contribution >= 4 is 23.2 Å². The topological polar surface area (TPSA) is 96.1 Å². The molecule has 0 saturated heterocycles. The molecular weight excluding hydrogens is 360 g/mol. The van der Waals surface area contributed by atoms with E-state index in [4.69, 9.17) is 16.3 Å². The van der Waals surface area contributed by atoms with Crippen molar-refractivity contribution in [1.82, 2.24) is 19.8 Å². The van der Waals surface area contributed by atoms with Crippen LogP contribution >= 0.6 is 11.6 Å². The number of tetrazole rings is 1. The zero-order valence-corrected chi connectivity index (χ0v) is 15.1. The summed E-state index contributed by atoms with van der Waals surface area (Å²) >= 11 is 6.24. The van der Waals surface area contributed by atoms with Gasteiger partial charge in [0, 0.05) is 18.5 Å². The van der Waals surface area contributed by atoms with Gasteiger partial charge >= 0.3 is 5.69 Å². The van der Waals surface area contributed by atoms with Gasteiger partial charge in [0.2, 0.25) is 5.78 Å². The van der Waals surface area contributed by atoms with Crippen LogP contribution in [-0.2, 0) is 16.6 Å². The van der Waals surface area contributed by atoms with Gasteiger partial charge in [-0.15, -0.1) is 0 Å². The molecule has 1 fully saturated rings. The van der Waals surface area contributed by atoms with E-state index in [0.29, 0.717) is 12.3 Å². The molecule has 1 heterocycles. The van der Waals surface area contributed by atoms with Crippen LogP contribution < -0.4 is 5.69 Å². The highest BCUT2D eigenvalue weighted by Gasteiger charge is 2.35. The van der Waals surface area contributed by atoms with E-state index in [1.165, 1.54) is 31.5 Å². The van der Waals surface area contributed by atoms with E-state index in [2.05, 4.69) is 10.4 Å². The zero-order chi connectivity index (χ0) is 18.8. The van der Waals surface area contributed by atoms with Crippen LogP contribution in [0.1, 0.15) is 30.1 Å². The molecular formula is C17H17ClN4O4. The Morgan fingerprint density at radius 1 is 1.35 bits per heavy atom. The van der Waals surface area contributed by atoms with Gasteiger partial charge in [-0.05, 0) is 48.4 Å². The number of hydrogen-bond donors (Lipinski definition) is 0. The van der Waals surface area contributed by atoms with E-state index in [1.54, 1.807) is 6.92 Å². The van der Waals surface area contributed by atoms with Crippen LogP contribution in [0, 0.1) is 5.92 Å². The molecule has 0 unspecified atom stereocenters. The van der Waals surface area contributed by atoms with Crippen LogP contribution in [-0.4, -0.2) is 38.0 Å². The minimum absolute atomic E-state index is 0.0133. The molecule has 1 aromatic heterocycles. The van der Waals surface area contributed by atoms with Crippen molar-refractivity contribution in [1.29, 1.82) is 0 Å². The number of aromatic nitrogens is 4. The highest BCUT2D eigenvalue weighted by molar-refractivity contribution is 6.37. The second-order valence-electron chi connectivity index (χ2n) is 5.92. The van der Waals surface area contributed by atoms with E-state index in [0.717, 1.165) is 22.2 Å². The fraction of sp³-hybridized carbons (Fsp3) is 0.353. The van der Waals surface area contributed by atoms with Crippen molar-refractivity contribution in [3.63, 3.8) is 0 Å². The first-order valence-electron chi connectivity index (χ1n) is 8.13. The molecule has 1 saturated carbocycles. The first-order chi connectivity index (χ1) is 12.4. The van der Waals surface area contributed by atoms with Crippen molar-refractivity contribution in [2.75, 3.05) is 6.61 Å².